The van der Waals surface area contributed by atoms with Crippen molar-refractivity contribution in [2.45, 2.75) is 19.9 Å². The van der Waals surface area contributed by atoms with Gasteiger partial charge in [-0.2, -0.15) is 0 Å². The van der Waals surface area contributed by atoms with Gasteiger partial charge in [-0.1, -0.05) is 5.21 Å². The van der Waals surface area contributed by atoms with Crippen molar-refractivity contribution >= 4 is 22.6 Å². The molecule has 0 unspecified atom stereocenters. The molecule has 0 fully saturated rings. The number of hydrogen-bond donors (Lipinski definition) is 0. The maximum atomic E-state index is 3.87. The monoisotopic (exact) mass is 237 g/mol. The van der Waals surface area contributed by atoms with Gasteiger partial charge in [-0.15, -0.1) is 5.10 Å². The Labute approximate surface area is 67.6 Å². The molecule has 0 atom stereocenters. The van der Waals surface area contributed by atoms with Gasteiger partial charge in [0, 0.05) is 6.04 Å². The van der Waals surface area contributed by atoms with E-state index < -0.39 is 0 Å². The lowest BCUT2D eigenvalue weighted by molar-refractivity contribution is 0.503. The molecule has 0 aromatic carbocycles. The van der Waals surface area contributed by atoms with E-state index in [-0.39, 0.29) is 0 Å². The molecule has 0 radical (unpaired) electrons. The van der Waals surface area contributed by atoms with Crippen LogP contribution in [0, 0.1) is 3.70 Å². The van der Waals surface area contributed by atoms with E-state index in [4.69, 9.17) is 0 Å². The zero-order chi connectivity index (χ0) is 6.85. The minimum Gasteiger partial charge on any atom is -0.237 e. The lowest BCUT2D eigenvalue weighted by Crippen LogP contribution is -2.04. The number of halogens is 1. The summed E-state index contributed by atoms with van der Waals surface area (Å²) >= 11 is 2.21. The molecule has 3 nitrogen and oxygen atoms in total. The summed E-state index contributed by atoms with van der Waals surface area (Å²) in [5.74, 6) is 0. The molecule has 0 N–H and O–H groups in total. The predicted molar refractivity (Wildman–Crippen MR) is 43.1 cm³/mol. The van der Waals surface area contributed by atoms with Gasteiger partial charge in [0.05, 0.1) is 6.20 Å². The Morgan fingerprint density at radius 2 is 2.33 bits per heavy atom. The van der Waals surface area contributed by atoms with Crippen LogP contribution in [0.2, 0.25) is 0 Å². The van der Waals surface area contributed by atoms with Gasteiger partial charge >= 0.3 is 0 Å². The highest BCUT2D eigenvalue weighted by Crippen LogP contribution is 2.07. The molecule has 0 aliphatic rings. The van der Waals surface area contributed by atoms with Crippen LogP contribution in [0.25, 0.3) is 0 Å². The van der Waals surface area contributed by atoms with E-state index in [0.29, 0.717) is 6.04 Å². The summed E-state index contributed by atoms with van der Waals surface area (Å²) in [5, 5.41) is 7.62. The molecule has 0 aliphatic carbocycles. The normalized spacial score (nSPS) is 10.7. The highest BCUT2D eigenvalue weighted by atomic mass is 127. The molecule has 1 aromatic heterocycles. The highest BCUT2D eigenvalue weighted by molar-refractivity contribution is 14.1. The summed E-state index contributed by atoms with van der Waals surface area (Å²) in [4.78, 5) is 0. The Morgan fingerprint density at radius 1 is 1.67 bits per heavy atom. The van der Waals surface area contributed by atoms with Crippen molar-refractivity contribution in [3.8, 4) is 0 Å². The van der Waals surface area contributed by atoms with Gasteiger partial charge in [-0.3, -0.25) is 0 Å². The predicted octanol–water partition coefficient (Wildman–Crippen LogP) is 1.46. The molecule has 0 spiro atoms. The fourth-order valence-corrected chi connectivity index (χ4v) is 1.36. The molecule has 1 heterocycles. The standard InChI is InChI=1S/C5H8IN3/c1-4(2)9-5(6)3-7-8-9/h3-4H,1-2H3. The van der Waals surface area contributed by atoms with Crippen molar-refractivity contribution in [1.82, 2.24) is 15.0 Å². The van der Waals surface area contributed by atoms with Crippen molar-refractivity contribution in [2.24, 2.45) is 0 Å². The van der Waals surface area contributed by atoms with Gasteiger partial charge in [0.25, 0.3) is 0 Å². The molecule has 0 amide bonds. The van der Waals surface area contributed by atoms with Gasteiger partial charge in [-0.25, -0.2) is 4.68 Å². The number of rotatable bonds is 1. The van der Waals surface area contributed by atoms with Crippen LogP contribution < -0.4 is 0 Å². The number of hydrogen-bond acceptors (Lipinski definition) is 2. The molecule has 1 rings (SSSR count). The average Bonchev–Trinajstić information content (AvgIpc) is 2.13. The van der Waals surface area contributed by atoms with Gasteiger partial charge in [-0.05, 0) is 36.4 Å². The van der Waals surface area contributed by atoms with E-state index in [9.17, 15) is 0 Å². The highest BCUT2D eigenvalue weighted by Gasteiger charge is 2.01. The first-order chi connectivity index (χ1) is 4.22. The number of nitrogens with zero attached hydrogens (tertiary/aromatic N) is 3. The SMILES string of the molecule is CC(C)n1nncc1I. The summed E-state index contributed by atoms with van der Waals surface area (Å²) in [5.41, 5.74) is 0. The molecule has 4 heteroatoms. The minimum absolute atomic E-state index is 0.416. The summed E-state index contributed by atoms with van der Waals surface area (Å²) in [6.45, 7) is 4.16. The van der Waals surface area contributed by atoms with Crippen molar-refractivity contribution in [2.75, 3.05) is 0 Å². The third-order valence-electron chi connectivity index (χ3n) is 1.02. The quantitative estimate of drug-likeness (QED) is 0.692. The van der Waals surface area contributed by atoms with Crippen molar-refractivity contribution in [3.63, 3.8) is 0 Å². The lowest BCUT2D eigenvalue weighted by Gasteiger charge is -2.03. The van der Waals surface area contributed by atoms with Gasteiger partial charge in [0.15, 0.2) is 0 Å². The third kappa shape index (κ3) is 1.41. The van der Waals surface area contributed by atoms with Gasteiger partial charge < -0.3 is 0 Å². The molecule has 0 bridgehead atoms. The van der Waals surface area contributed by atoms with E-state index in [1.807, 2.05) is 4.68 Å². The molecule has 0 aliphatic heterocycles. The van der Waals surface area contributed by atoms with Crippen LogP contribution in [0.15, 0.2) is 6.20 Å². The fourth-order valence-electron chi connectivity index (χ4n) is 0.581. The average molecular weight is 237 g/mol. The van der Waals surface area contributed by atoms with Crippen LogP contribution in [-0.2, 0) is 0 Å². The van der Waals surface area contributed by atoms with E-state index in [2.05, 4.69) is 46.8 Å². The minimum atomic E-state index is 0.416. The Balaban J connectivity index is 2.94. The van der Waals surface area contributed by atoms with Crippen LogP contribution in [-0.4, -0.2) is 15.0 Å². The lowest BCUT2D eigenvalue weighted by atomic mass is 10.4. The van der Waals surface area contributed by atoms with Crippen molar-refractivity contribution in [3.05, 3.63) is 9.90 Å². The molecular weight excluding hydrogens is 229 g/mol. The summed E-state index contributed by atoms with van der Waals surface area (Å²) in [6.07, 6.45) is 1.75. The van der Waals surface area contributed by atoms with Gasteiger partial charge in [0.2, 0.25) is 0 Å². The number of aromatic nitrogens is 3. The summed E-state index contributed by atoms with van der Waals surface area (Å²) in [6, 6.07) is 0.416. The molecule has 9 heavy (non-hydrogen) atoms. The Bertz CT molecular complexity index is 194. The molecule has 1 aromatic rings. The fraction of sp³-hybridized carbons (Fsp3) is 0.600. The zero-order valence-electron chi connectivity index (χ0n) is 5.37. The van der Waals surface area contributed by atoms with Crippen LogP contribution >= 0.6 is 22.6 Å². The molecule has 50 valence electrons. The van der Waals surface area contributed by atoms with Crippen molar-refractivity contribution in [1.29, 1.82) is 0 Å². The maximum absolute atomic E-state index is 3.87. The van der Waals surface area contributed by atoms with E-state index in [1.165, 1.54) is 0 Å². The van der Waals surface area contributed by atoms with E-state index in [0.717, 1.165) is 3.70 Å². The second-order valence-corrected chi connectivity index (χ2v) is 3.20. The first kappa shape index (κ1) is 6.98. The first-order valence-corrected chi connectivity index (χ1v) is 3.85. The Morgan fingerprint density at radius 3 is 2.56 bits per heavy atom. The second-order valence-electron chi connectivity index (χ2n) is 2.10. The van der Waals surface area contributed by atoms with Crippen LogP contribution in [0.4, 0.5) is 0 Å². The molecular formula is C5H8IN3. The van der Waals surface area contributed by atoms with Gasteiger partial charge in [0.1, 0.15) is 3.70 Å². The van der Waals surface area contributed by atoms with E-state index in [1.54, 1.807) is 6.20 Å². The Kier molecular flexibility index (Phi) is 2.05. The van der Waals surface area contributed by atoms with Crippen molar-refractivity contribution < 1.29 is 0 Å². The third-order valence-corrected chi connectivity index (χ3v) is 1.79. The summed E-state index contributed by atoms with van der Waals surface area (Å²) < 4.78 is 2.96. The van der Waals surface area contributed by atoms with Crippen LogP contribution in [0.1, 0.15) is 19.9 Å². The van der Waals surface area contributed by atoms with E-state index >= 15 is 0 Å². The largest absolute Gasteiger partial charge is 0.237 e. The Hall–Kier alpha value is -0.130. The summed E-state index contributed by atoms with van der Waals surface area (Å²) in [7, 11) is 0. The molecule has 0 saturated heterocycles. The topological polar surface area (TPSA) is 30.7 Å². The smallest absolute Gasteiger partial charge is 0.119 e. The van der Waals surface area contributed by atoms with Crippen LogP contribution in [0.3, 0.4) is 0 Å². The van der Waals surface area contributed by atoms with Crippen LogP contribution in [0.5, 0.6) is 0 Å². The second kappa shape index (κ2) is 2.64. The maximum Gasteiger partial charge on any atom is 0.119 e. The first-order valence-electron chi connectivity index (χ1n) is 2.77. The zero-order valence-corrected chi connectivity index (χ0v) is 7.53. The molecule has 0 saturated carbocycles.